The molecule has 0 N–H and O–H groups in total. The van der Waals surface area contributed by atoms with Crippen molar-refractivity contribution in [2.45, 2.75) is 52.1 Å². The number of rotatable bonds is 0. The number of Topliss-reactive ketones (excluding diaryl/α,β-unsaturated/α-hetero) is 1. The molecule has 2 aliphatic carbocycles. The van der Waals surface area contributed by atoms with Gasteiger partial charge in [-0.25, -0.2) is 4.79 Å². The molecule has 0 aromatic heterocycles. The predicted octanol–water partition coefficient (Wildman–Crippen LogP) is 3.48. The van der Waals surface area contributed by atoms with Gasteiger partial charge in [0.2, 0.25) is 0 Å². The molecule has 1 unspecified atom stereocenters. The van der Waals surface area contributed by atoms with Crippen molar-refractivity contribution in [3.05, 3.63) is 23.8 Å². The molecule has 3 rings (SSSR count). The molecular weight excluding hydrogens is 278 g/mol. The summed E-state index contributed by atoms with van der Waals surface area (Å²) in [5.74, 6) is 0.658. The fourth-order valence-electron chi connectivity index (χ4n) is 4.03. The van der Waals surface area contributed by atoms with Crippen molar-refractivity contribution in [1.29, 1.82) is 0 Å². The van der Waals surface area contributed by atoms with E-state index in [1.54, 1.807) is 4.90 Å². The number of carbonyl (C=O) groups excluding carboxylic acids is 2. The topological polar surface area (TPSA) is 46.6 Å². The van der Waals surface area contributed by atoms with E-state index in [0.717, 1.165) is 24.8 Å². The van der Waals surface area contributed by atoms with Crippen LogP contribution in [0.1, 0.15) is 46.5 Å². The minimum atomic E-state index is -0.459. The highest BCUT2D eigenvalue weighted by molar-refractivity contribution is 5.99. The number of ketones is 1. The molecule has 0 bridgehead atoms. The van der Waals surface area contributed by atoms with Crippen LogP contribution >= 0.6 is 0 Å². The van der Waals surface area contributed by atoms with Gasteiger partial charge in [0.1, 0.15) is 5.60 Å². The van der Waals surface area contributed by atoms with Gasteiger partial charge in [0.05, 0.1) is 0 Å². The number of hydrogen-bond donors (Lipinski definition) is 0. The number of amides is 1. The van der Waals surface area contributed by atoms with E-state index in [4.69, 9.17) is 4.74 Å². The van der Waals surface area contributed by atoms with Crippen LogP contribution in [-0.4, -0.2) is 35.5 Å². The van der Waals surface area contributed by atoms with Crippen LogP contribution in [0.4, 0.5) is 4.79 Å². The first-order valence-corrected chi connectivity index (χ1v) is 8.19. The first-order valence-electron chi connectivity index (χ1n) is 8.19. The predicted molar refractivity (Wildman–Crippen MR) is 84.4 cm³/mol. The van der Waals surface area contributed by atoms with Crippen LogP contribution in [0.25, 0.3) is 0 Å². The van der Waals surface area contributed by atoms with Gasteiger partial charge in [-0.15, -0.1) is 0 Å². The summed E-state index contributed by atoms with van der Waals surface area (Å²) in [5.41, 5.74) is 0.611. The quantitative estimate of drug-likeness (QED) is 0.688. The molecule has 0 radical (unpaired) electrons. The number of fused-ring (bicyclic) bond motifs is 2. The summed E-state index contributed by atoms with van der Waals surface area (Å²) < 4.78 is 5.45. The minimum absolute atomic E-state index is 0.0617. The van der Waals surface area contributed by atoms with Crippen LogP contribution in [0.3, 0.4) is 0 Å². The fourth-order valence-corrected chi connectivity index (χ4v) is 4.03. The molecule has 0 aromatic carbocycles. The molecular formula is C18H25NO3. The Hall–Kier alpha value is -1.58. The molecule has 1 atom stereocenters. The monoisotopic (exact) mass is 303 g/mol. The van der Waals surface area contributed by atoms with Crippen molar-refractivity contribution < 1.29 is 14.3 Å². The zero-order valence-corrected chi connectivity index (χ0v) is 13.7. The molecule has 120 valence electrons. The Balaban J connectivity index is 1.67. The van der Waals surface area contributed by atoms with E-state index in [0.29, 0.717) is 31.2 Å². The number of carbonyl (C=O) groups is 2. The second-order valence-electron chi connectivity index (χ2n) is 7.77. The average Bonchev–Trinajstić information content (AvgIpc) is 2.71. The van der Waals surface area contributed by atoms with Crippen LogP contribution in [0, 0.1) is 11.3 Å². The van der Waals surface area contributed by atoms with Gasteiger partial charge >= 0.3 is 6.09 Å². The van der Waals surface area contributed by atoms with E-state index >= 15 is 0 Å². The van der Waals surface area contributed by atoms with Gasteiger partial charge in [0, 0.05) is 19.5 Å². The van der Waals surface area contributed by atoms with E-state index in [-0.39, 0.29) is 11.5 Å². The van der Waals surface area contributed by atoms with Crippen molar-refractivity contribution in [2.24, 2.45) is 11.3 Å². The molecule has 2 fully saturated rings. The van der Waals surface area contributed by atoms with E-state index in [2.05, 4.69) is 6.08 Å². The lowest BCUT2D eigenvalue weighted by molar-refractivity contribution is -0.115. The lowest BCUT2D eigenvalue weighted by Gasteiger charge is -2.43. The van der Waals surface area contributed by atoms with Crippen LogP contribution in [0.5, 0.6) is 0 Å². The molecule has 1 heterocycles. The lowest BCUT2D eigenvalue weighted by atomic mass is 9.68. The molecule has 1 amide bonds. The second-order valence-corrected chi connectivity index (χ2v) is 7.77. The standard InChI is InChI=1S/C18H25NO3/c1-17(2,3)22-16(21)19-10-8-18(9-11-19)12-15(20)13-6-4-5-7-14(13)18/h4-6,14H,7-12H2,1-3H3. The zero-order valence-electron chi connectivity index (χ0n) is 13.7. The number of ether oxygens (including phenoxy) is 1. The number of piperidine rings is 1. The number of nitrogens with zero attached hydrogens (tertiary/aromatic N) is 1. The van der Waals surface area contributed by atoms with Crippen LogP contribution in [0.15, 0.2) is 23.8 Å². The number of hydrogen-bond acceptors (Lipinski definition) is 3. The molecule has 4 heteroatoms. The van der Waals surface area contributed by atoms with Gasteiger partial charge in [-0.2, -0.15) is 0 Å². The Morgan fingerprint density at radius 1 is 1.32 bits per heavy atom. The van der Waals surface area contributed by atoms with Gasteiger partial charge in [-0.05, 0) is 56.9 Å². The van der Waals surface area contributed by atoms with E-state index in [1.807, 2.05) is 32.9 Å². The Kier molecular flexibility index (Phi) is 3.66. The van der Waals surface area contributed by atoms with Crippen molar-refractivity contribution in [3.63, 3.8) is 0 Å². The highest BCUT2D eigenvalue weighted by Crippen LogP contribution is 2.53. The first-order chi connectivity index (χ1) is 10.3. The van der Waals surface area contributed by atoms with Crippen LogP contribution in [-0.2, 0) is 9.53 Å². The van der Waals surface area contributed by atoms with Gasteiger partial charge in [0.25, 0.3) is 0 Å². The number of allylic oxidation sites excluding steroid dienone is 4. The Labute approximate surface area is 132 Å². The van der Waals surface area contributed by atoms with Gasteiger partial charge in [-0.3, -0.25) is 4.79 Å². The summed E-state index contributed by atoms with van der Waals surface area (Å²) in [6, 6.07) is 0. The first kappa shape index (κ1) is 15.3. The Bertz CT molecular complexity index is 545. The largest absolute Gasteiger partial charge is 0.444 e. The summed E-state index contributed by atoms with van der Waals surface area (Å²) in [5, 5.41) is 0. The maximum absolute atomic E-state index is 12.3. The molecule has 1 saturated heterocycles. The maximum Gasteiger partial charge on any atom is 0.410 e. The lowest BCUT2D eigenvalue weighted by Crippen LogP contribution is -2.46. The molecule has 1 aliphatic heterocycles. The molecule has 4 nitrogen and oxygen atoms in total. The third kappa shape index (κ3) is 2.71. The van der Waals surface area contributed by atoms with E-state index in [9.17, 15) is 9.59 Å². The van der Waals surface area contributed by atoms with Gasteiger partial charge < -0.3 is 9.64 Å². The zero-order chi connectivity index (χ0) is 16.0. The minimum Gasteiger partial charge on any atom is -0.444 e. The fraction of sp³-hybridized carbons (Fsp3) is 0.667. The summed E-state index contributed by atoms with van der Waals surface area (Å²) in [6.07, 6.45) is 9.32. The molecule has 1 spiro atoms. The summed E-state index contributed by atoms with van der Waals surface area (Å²) in [4.78, 5) is 26.2. The normalized spacial score (nSPS) is 26.9. The Morgan fingerprint density at radius 3 is 2.64 bits per heavy atom. The SMILES string of the molecule is CC(C)(C)OC(=O)N1CCC2(CC1)CC(=O)C1=CC=CCC12. The highest BCUT2D eigenvalue weighted by atomic mass is 16.6. The summed E-state index contributed by atoms with van der Waals surface area (Å²) in [6.45, 7) is 7.04. The molecule has 3 aliphatic rings. The van der Waals surface area contributed by atoms with Crippen molar-refractivity contribution in [3.8, 4) is 0 Å². The molecule has 22 heavy (non-hydrogen) atoms. The second kappa shape index (κ2) is 5.25. The third-order valence-corrected chi connectivity index (χ3v) is 5.14. The summed E-state index contributed by atoms with van der Waals surface area (Å²) >= 11 is 0. The van der Waals surface area contributed by atoms with E-state index in [1.165, 1.54) is 0 Å². The van der Waals surface area contributed by atoms with Crippen molar-refractivity contribution in [2.75, 3.05) is 13.1 Å². The van der Waals surface area contributed by atoms with Crippen molar-refractivity contribution in [1.82, 2.24) is 4.90 Å². The van der Waals surface area contributed by atoms with E-state index < -0.39 is 5.60 Å². The highest BCUT2D eigenvalue weighted by Gasteiger charge is 2.51. The molecule has 0 aromatic rings. The van der Waals surface area contributed by atoms with Gasteiger partial charge in [0.15, 0.2) is 5.78 Å². The summed E-state index contributed by atoms with van der Waals surface area (Å²) in [7, 11) is 0. The Morgan fingerprint density at radius 2 is 2.00 bits per heavy atom. The smallest absolute Gasteiger partial charge is 0.410 e. The maximum atomic E-state index is 12.3. The van der Waals surface area contributed by atoms with Crippen LogP contribution in [0.2, 0.25) is 0 Å². The van der Waals surface area contributed by atoms with Gasteiger partial charge in [-0.1, -0.05) is 18.2 Å². The molecule has 1 saturated carbocycles. The van der Waals surface area contributed by atoms with Crippen LogP contribution < -0.4 is 0 Å². The van der Waals surface area contributed by atoms with Crippen molar-refractivity contribution >= 4 is 11.9 Å². The average molecular weight is 303 g/mol. The number of likely N-dealkylation sites (tertiary alicyclic amines) is 1. The third-order valence-electron chi connectivity index (χ3n) is 5.14.